The topological polar surface area (TPSA) is 54.3 Å². The average Bonchev–Trinajstić information content (AvgIpc) is 2.85. The van der Waals surface area contributed by atoms with E-state index in [-0.39, 0.29) is 17.9 Å². The van der Waals surface area contributed by atoms with Crippen molar-refractivity contribution in [2.45, 2.75) is 63.8 Å². The van der Waals surface area contributed by atoms with Crippen LogP contribution in [0.2, 0.25) is 0 Å². The van der Waals surface area contributed by atoms with Crippen molar-refractivity contribution < 1.29 is 9.59 Å². The van der Waals surface area contributed by atoms with Gasteiger partial charge in [-0.15, -0.1) is 0 Å². The molecular weight excluding hydrogens is 314 g/mol. The summed E-state index contributed by atoms with van der Waals surface area (Å²) in [7, 11) is 3.58. The summed E-state index contributed by atoms with van der Waals surface area (Å²) in [4.78, 5) is 27.4. The number of rotatable bonds is 3. The third-order valence-corrected chi connectivity index (χ3v) is 5.95. The van der Waals surface area contributed by atoms with Crippen LogP contribution in [0.3, 0.4) is 0 Å². The zero-order valence-electron chi connectivity index (χ0n) is 15.6. The summed E-state index contributed by atoms with van der Waals surface area (Å²) in [5, 5.41) is 2.69. The average molecular weight is 345 g/mol. The van der Waals surface area contributed by atoms with Gasteiger partial charge in [-0.2, -0.15) is 0 Å². The molecule has 1 saturated carbocycles. The number of nitrogens with one attached hydrogen (secondary N) is 1. The number of piperidine rings is 1. The molecule has 2 fully saturated rings. The fourth-order valence-electron chi connectivity index (χ4n) is 4.48. The maximum atomic E-state index is 13.2. The van der Waals surface area contributed by atoms with Crippen LogP contribution in [-0.4, -0.2) is 34.9 Å². The van der Waals surface area contributed by atoms with Gasteiger partial charge in [0.1, 0.15) is 5.69 Å². The Hall–Kier alpha value is -1.78. The van der Waals surface area contributed by atoms with Crippen molar-refractivity contribution in [3.8, 4) is 0 Å². The highest BCUT2D eigenvalue weighted by molar-refractivity contribution is 5.92. The van der Waals surface area contributed by atoms with Crippen LogP contribution in [0.15, 0.2) is 12.1 Å². The van der Waals surface area contributed by atoms with Crippen molar-refractivity contribution >= 4 is 11.8 Å². The van der Waals surface area contributed by atoms with Gasteiger partial charge < -0.3 is 14.8 Å². The number of nitrogens with zero attached hydrogens (tertiary/aromatic N) is 2. The summed E-state index contributed by atoms with van der Waals surface area (Å²) in [6.07, 6.45) is 10.2. The number of amides is 2. The van der Waals surface area contributed by atoms with Crippen LogP contribution in [0.4, 0.5) is 0 Å². The van der Waals surface area contributed by atoms with Crippen LogP contribution in [0.5, 0.6) is 0 Å². The summed E-state index contributed by atoms with van der Waals surface area (Å²) in [5.41, 5.74) is 1.74. The van der Waals surface area contributed by atoms with Crippen molar-refractivity contribution in [1.29, 1.82) is 0 Å². The molecule has 2 amide bonds. The van der Waals surface area contributed by atoms with Gasteiger partial charge in [0.05, 0.1) is 6.04 Å². The second-order valence-electron chi connectivity index (χ2n) is 7.51. The van der Waals surface area contributed by atoms with E-state index in [0.29, 0.717) is 11.6 Å². The predicted molar refractivity (Wildman–Crippen MR) is 98.3 cm³/mol. The molecule has 25 heavy (non-hydrogen) atoms. The van der Waals surface area contributed by atoms with Crippen LogP contribution in [-0.2, 0) is 11.8 Å². The van der Waals surface area contributed by atoms with Crippen molar-refractivity contribution in [2.24, 2.45) is 13.0 Å². The molecule has 1 aliphatic carbocycles. The maximum Gasteiger partial charge on any atom is 0.267 e. The van der Waals surface area contributed by atoms with E-state index in [0.717, 1.165) is 44.3 Å². The molecule has 0 spiro atoms. The minimum atomic E-state index is -0.0776. The lowest BCUT2D eigenvalue weighted by molar-refractivity contribution is -0.140. The van der Waals surface area contributed by atoms with E-state index in [1.165, 1.54) is 25.7 Å². The lowest BCUT2D eigenvalue weighted by Crippen LogP contribution is -2.42. The smallest absolute Gasteiger partial charge is 0.267 e. The fraction of sp³-hybridized carbons (Fsp3) is 0.700. The monoisotopic (exact) mass is 345 g/mol. The van der Waals surface area contributed by atoms with Gasteiger partial charge in [-0.3, -0.25) is 9.59 Å². The molecule has 2 aliphatic rings. The van der Waals surface area contributed by atoms with Crippen molar-refractivity contribution in [3.63, 3.8) is 0 Å². The summed E-state index contributed by atoms with van der Waals surface area (Å²) < 4.78 is 1.96. The summed E-state index contributed by atoms with van der Waals surface area (Å²) in [6.45, 7) is 0.848. The SMILES string of the molecule is CNC(=O)c1ccc(C2CCCCN2C(=O)C2CCCCCC2)n1C. The Morgan fingerprint density at radius 2 is 1.68 bits per heavy atom. The van der Waals surface area contributed by atoms with Crippen LogP contribution >= 0.6 is 0 Å². The van der Waals surface area contributed by atoms with E-state index in [2.05, 4.69) is 10.2 Å². The second kappa shape index (κ2) is 8.07. The van der Waals surface area contributed by atoms with Crippen molar-refractivity contribution in [1.82, 2.24) is 14.8 Å². The van der Waals surface area contributed by atoms with Gasteiger partial charge >= 0.3 is 0 Å². The number of carbonyl (C=O) groups is 2. The van der Waals surface area contributed by atoms with Crippen molar-refractivity contribution in [3.05, 3.63) is 23.5 Å². The Labute approximate surface area is 150 Å². The van der Waals surface area contributed by atoms with Gasteiger partial charge in [-0.25, -0.2) is 0 Å². The molecule has 1 unspecified atom stereocenters. The highest BCUT2D eigenvalue weighted by Gasteiger charge is 2.34. The minimum absolute atomic E-state index is 0.0776. The maximum absolute atomic E-state index is 13.2. The number of aromatic nitrogens is 1. The fourth-order valence-corrected chi connectivity index (χ4v) is 4.48. The Kier molecular flexibility index (Phi) is 5.82. The molecule has 1 aromatic rings. The van der Waals surface area contributed by atoms with Crippen molar-refractivity contribution in [2.75, 3.05) is 13.6 Å². The minimum Gasteiger partial charge on any atom is -0.354 e. The summed E-state index contributed by atoms with van der Waals surface area (Å²) in [5.74, 6) is 0.460. The lowest BCUT2D eigenvalue weighted by atomic mass is 9.93. The number of likely N-dealkylation sites (tertiary alicyclic amines) is 1. The number of carbonyl (C=O) groups excluding carboxylic acids is 2. The molecule has 1 aliphatic heterocycles. The number of hydrogen-bond donors (Lipinski definition) is 1. The molecule has 1 saturated heterocycles. The van der Waals surface area contributed by atoms with Gasteiger partial charge in [0, 0.05) is 32.3 Å². The van der Waals surface area contributed by atoms with Crippen LogP contribution in [0.1, 0.15) is 80.0 Å². The molecule has 138 valence electrons. The normalized spacial score (nSPS) is 22.5. The van der Waals surface area contributed by atoms with E-state index >= 15 is 0 Å². The molecule has 3 rings (SSSR count). The standard InChI is InChI=1S/C20H31N3O2/c1-21-19(24)18-13-12-16(22(18)2)17-11-7-8-14-23(17)20(25)15-9-5-3-4-6-10-15/h12-13,15,17H,3-11,14H2,1-2H3,(H,21,24). The van der Waals surface area contributed by atoms with Crippen LogP contribution in [0.25, 0.3) is 0 Å². The molecule has 0 bridgehead atoms. The first-order valence-corrected chi connectivity index (χ1v) is 9.81. The molecule has 1 N–H and O–H groups in total. The molecular formula is C20H31N3O2. The predicted octanol–water partition coefficient (Wildman–Crippen LogP) is 3.41. The molecule has 1 atom stereocenters. The number of hydrogen-bond acceptors (Lipinski definition) is 2. The molecule has 0 radical (unpaired) electrons. The van der Waals surface area contributed by atoms with Gasteiger partial charge in [0.25, 0.3) is 5.91 Å². The molecule has 5 heteroatoms. The first kappa shape index (κ1) is 18.0. The molecule has 2 heterocycles. The zero-order chi connectivity index (χ0) is 17.8. The third-order valence-electron chi connectivity index (χ3n) is 5.95. The molecule has 0 aromatic carbocycles. The second-order valence-corrected chi connectivity index (χ2v) is 7.51. The van der Waals surface area contributed by atoms with E-state index in [9.17, 15) is 9.59 Å². The quantitative estimate of drug-likeness (QED) is 0.854. The summed E-state index contributed by atoms with van der Waals surface area (Å²) in [6, 6.07) is 4.00. The first-order valence-electron chi connectivity index (χ1n) is 9.81. The van der Waals surface area contributed by atoms with E-state index in [1.807, 2.05) is 23.7 Å². The van der Waals surface area contributed by atoms with Crippen LogP contribution in [0, 0.1) is 5.92 Å². The van der Waals surface area contributed by atoms with Gasteiger partial charge in [-0.1, -0.05) is 25.7 Å². The Balaban J connectivity index is 1.82. The van der Waals surface area contributed by atoms with Gasteiger partial charge in [0.2, 0.25) is 5.91 Å². The van der Waals surface area contributed by atoms with E-state index in [1.54, 1.807) is 7.05 Å². The van der Waals surface area contributed by atoms with E-state index in [4.69, 9.17) is 0 Å². The largest absolute Gasteiger partial charge is 0.354 e. The summed E-state index contributed by atoms with van der Waals surface area (Å²) >= 11 is 0. The van der Waals surface area contributed by atoms with Gasteiger partial charge in [0.15, 0.2) is 0 Å². The van der Waals surface area contributed by atoms with E-state index < -0.39 is 0 Å². The third kappa shape index (κ3) is 3.75. The molecule has 1 aromatic heterocycles. The van der Waals surface area contributed by atoms with Crippen LogP contribution < -0.4 is 5.32 Å². The zero-order valence-corrected chi connectivity index (χ0v) is 15.6. The Morgan fingerprint density at radius 1 is 1.00 bits per heavy atom. The molecule has 5 nitrogen and oxygen atoms in total. The Bertz CT molecular complexity index is 614. The van der Waals surface area contributed by atoms with Gasteiger partial charge in [-0.05, 0) is 44.2 Å². The lowest BCUT2D eigenvalue weighted by Gasteiger charge is -2.38. The Morgan fingerprint density at radius 3 is 2.36 bits per heavy atom. The first-order chi connectivity index (χ1) is 12.1. The highest BCUT2D eigenvalue weighted by Crippen LogP contribution is 2.35. The highest BCUT2D eigenvalue weighted by atomic mass is 16.2.